The SMILES string of the molecule is CN(C)c1ccc(CNC(=O)COC(=O)c2ccc(Cl)cc2Cl)cc1. The lowest BCUT2D eigenvalue weighted by molar-refractivity contribution is -0.124. The van der Waals surface area contributed by atoms with Crippen LogP contribution >= 0.6 is 23.2 Å². The van der Waals surface area contributed by atoms with E-state index in [1.165, 1.54) is 18.2 Å². The number of benzene rings is 2. The van der Waals surface area contributed by atoms with E-state index >= 15 is 0 Å². The van der Waals surface area contributed by atoms with E-state index in [0.717, 1.165) is 11.3 Å². The second kappa shape index (κ2) is 8.74. The minimum Gasteiger partial charge on any atom is -0.452 e. The summed E-state index contributed by atoms with van der Waals surface area (Å²) in [6, 6.07) is 12.2. The van der Waals surface area contributed by atoms with E-state index in [1.807, 2.05) is 43.3 Å². The number of hydrogen-bond acceptors (Lipinski definition) is 4. The molecule has 0 saturated heterocycles. The zero-order valence-electron chi connectivity index (χ0n) is 13.9. The second-order valence-corrected chi connectivity index (χ2v) is 6.38. The first-order valence-electron chi connectivity index (χ1n) is 7.52. The van der Waals surface area contributed by atoms with Crippen LogP contribution in [0.25, 0.3) is 0 Å². The highest BCUT2D eigenvalue weighted by atomic mass is 35.5. The Kier molecular flexibility index (Phi) is 6.67. The number of carbonyl (C=O) groups is 2. The predicted molar refractivity (Wildman–Crippen MR) is 99.4 cm³/mol. The zero-order chi connectivity index (χ0) is 18.4. The summed E-state index contributed by atoms with van der Waals surface area (Å²) in [6.45, 7) is -0.0284. The largest absolute Gasteiger partial charge is 0.452 e. The Balaban J connectivity index is 1.81. The van der Waals surface area contributed by atoms with Gasteiger partial charge in [0, 0.05) is 31.4 Å². The first kappa shape index (κ1) is 19.1. The molecule has 0 spiro atoms. The van der Waals surface area contributed by atoms with E-state index in [-0.39, 0.29) is 17.2 Å². The fourth-order valence-electron chi connectivity index (χ4n) is 2.03. The lowest BCUT2D eigenvalue weighted by Gasteiger charge is -2.13. The average Bonchev–Trinajstić information content (AvgIpc) is 2.58. The Labute approximate surface area is 156 Å². The number of ether oxygens (including phenoxy) is 1. The van der Waals surface area contributed by atoms with Crippen molar-refractivity contribution in [3.63, 3.8) is 0 Å². The Morgan fingerprint density at radius 3 is 2.36 bits per heavy atom. The van der Waals surface area contributed by atoms with Crippen LogP contribution in [-0.4, -0.2) is 32.6 Å². The maximum Gasteiger partial charge on any atom is 0.340 e. The number of anilines is 1. The lowest BCUT2D eigenvalue weighted by atomic mass is 10.2. The van der Waals surface area contributed by atoms with Crippen LogP contribution in [0.5, 0.6) is 0 Å². The van der Waals surface area contributed by atoms with Crippen LogP contribution in [0.3, 0.4) is 0 Å². The van der Waals surface area contributed by atoms with Gasteiger partial charge in [-0.2, -0.15) is 0 Å². The Bertz CT molecular complexity index is 761. The van der Waals surface area contributed by atoms with Crippen molar-refractivity contribution in [2.75, 3.05) is 25.6 Å². The van der Waals surface area contributed by atoms with Crippen LogP contribution in [0.4, 0.5) is 5.69 Å². The van der Waals surface area contributed by atoms with Crippen LogP contribution in [0.1, 0.15) is 15.9 Å². The number of amides is 1. The van der Waals surface area contributed by atoms with Gasteiger partial charge in [-0.1, -0.05) is 35.3 Å². The molecule has 0 bridgehead atoms. The van der Waals surface area contributed by atoms with Crippen LogP contribution in [0.15, 0.2) is 42.5 Å². The zero-order valence-corrected chi connectivity index (χ0v) is 15.4. The molecular formula is C18H18Cl2N2O3. The molecule has 132 valence electrons. The summed E-state index contributed by atoms with van der Waals surface area (Å²) in [5.41, 5.74) is 2.19. The molecule has 0 aliphatic heterocycles. The van der Waals surface area contributed by atoms with Crippen molar-refractivity contribution in [2.45, 2.75) is 6.54 Å². The standard InChI is InChI=1S/C18H18Cl2N2O3/c1-22(2)14-6-3-12(4-7-14)10-21-17(23)11-25-18(24)15-8-5-13(19)9-16(15)20/h3-9H,10-11H2,1-2H3,(H,21,23). The van der Waals surface area contributed by atoms with Gasteiger partial charge < -0.3 is 15.0 Å². The van der Waals surface area contributed by atoms with Gasteiger partial charge in [0.1, 0.15) is 0 Å². The molecule has 25 heavy (non-hydrogen) atoms. The third-order valence-electron chi connectivity index (χ3n) is 3.43. The maximum atomic E-state index is 11.9. The van der Waals surface area contributed by atoms with Gasteiger partial charge in [0.25, 0.3) is 5.91 Å². The summed E-state index contributed by atoms with van der Waals surface area (Å²) in [7, 11) is 3.91. The van der Waals surface area contributed by atoms with E-state index in [4.69, 9.17) is 27.9 Å². The molecule has 7 heteroatoms. The second-order valence-electron chi connectivity index (χ2n) is 5.54. The van der Waals surface area contributed by atoms with E-state index < -0.39 is 11.9 Å². The number of carbonyl (C=O) groups excluding carboxylic acids is 2. The monoisotopic (exact) mass is 380 g/mol. The number of halogens is 2. The van der Waals surface area contributed by atoms with Crippen molar-refractivity contribution in [1.82, 2.24) is 5.32 Å². The normalized spacial score (nSPS) is 10.2. The van der Waals surface area contributed by atoms with Crippen molar-refractivity contribution >= 4 is 40.8 Å². The molecule has 2 rings (SSSR count). The molecular weight excluding hydrogens is 363 g/mol. The van der Waals surface area contributed by atoms with Gasteiger partial charge in [0.15, 0.2) is 6.61 Å². The molecule has 2 aromatic carbocycles. The molecule has 1 N–H and O–H groups in total. The predicted octanol–water partition coefficient (Wildman–Crippen LogP) is 3.53. The first-order valence-corrected chi connectivity index (χ1v) is 8.27. The summed E-state index contributed by atoms with van der Waals surface area (Å²) in [4.78, 5) is 25.7. The van der Waals surface area contributed by atoms with Crippen LogP contribution < -0.4 is 10.2 Å². The molecule has 0 radical (unpaired) electrons. The number of rotatable bonds is 6. The van der Waals surface area contributed by atoms with E-state index in [1.54, 1.807) is 0 Å². The Morgan fingerprint density at radius 1 is 1.08 bits per heavy atom. The summed E-state index contributed by atoms with van der Waals surface area (Å²) < 4.78 is 4.96. The minimum absolute atomic E-state index is 0.165. The average molecular weight is 381 g/mol. The maximum absolute atomic E-state index is 11.9. The van der Waals surface area contributed by atoms with Gasteiger partial charge in [-0.25, -0.2) is 4.79 Å². The molecule has 0 aliphatic carbocycles. The number of esters is 1. The summed E-state index contributed by atoms with van der Waals surface area (Å²) in [5, 5.41) is 3.29. The van der Waals surface area contributed by atoms with Gasteiger partial charge in [0.2, 0.25) is 0 Å². The van der Waals surface area contributed by atoms with E-state index in [2.05, 4.69) is 5.32 Å². The highest BCUT2D eigenvalue weighted by molar-refractivity contribution is 6.36. The van der Waals surface area contributed by atoms with Gasteiger partial charge in [-0.15, -0.1) is 0 Å². The molecule has 0 heterocycles. The smallest absolute Gasteiger partial charge is 0.340 e. The molecule has 0 aliphatic rings. The summed E-state index contributed by atoms with van der Waals surface area (Å²) in [6.07, 6.45) is 0. The number of hydrogen-bond donors (Lipinski definition) is 1. The highest BCUT2D eigenvalue weighted by Crippen LogP contribution is 2.21. The van der Waals surface area contributed by atoms with Crippen molar-refractivity contribution in [2.24, 2.45) is 0 Å². The Hall–Kier alpha value is -2.24. The van der Waals surface area contributed by atoms with Gasteiger partial charge >= 0.3 is 5.97 Å². The van der Waals surface area contributed by atoms with Crippen molar-refractivity contribution in [3.8, 4) is 0 Å². The molecule has 0 saturated carbocycles. The fourth-order valence-corrected chi connectivity index (χ4v) is 2.51. The minimum atomic E-state index is -0.674. The number of nitrogens with one attached hydrogen (secondary N) is 1. The van der Waals surface area contributed by atoms with Crippen molar-refractivity contribution in [1.29, 1.82) is 0 Å². The quantitative estimate of drug-likeness (QED) is 0.778. The van der Waals surface area contributed by atoms with Gasteiger partial charge in [-0.3, -0.25) is 4.79 Å². The van der Waals surface area contributed by atoms with Crippen molar-refractivity contribution in [3.05, 3.63) is 63.6 Å². The topological polar surface area (TPSA) is 58.6 Å². The summed E-state index contributed by atoms with van der Waals surface area (Å²) in [5.74, 6) is -1.07. The van der Waals surface area contributed by atoms with Crippen LogP contribution in [0, 0.1) is 0 Å². The van der Waals surface area contributed by atoms with Crippen LogP contribution in [0.2, 0.25) is 10.0 Å². The van der Waals surface area contributed by atoms with Gasteiger partial charge in [0.05, 0.1) is 10.6 Å². The van der Waals surface area contributed by atoms with E-state index in [0.29, 0.717) is 11.6 Å². The molecule has 0 atom stereocenters. The molecule has 0 unspecified atom stereocenters. The lowest BCUT2D eigenvalue weighted by Crippen LogP contribution is -2.28. The molecule has 0 aromatic heterocycles. The van der Waals surface area contributed by atoms with Crippen LogP contribution in [-0.2, 0) is 16.1 Å². The van der Waals surface area contributed by atoms with Crippen molar-refractivity contribution < 1.29 is 14.3 Å². The molecule has 1 amide bonds. The molecule has 2 aromatic rings. The third-order valence-corrected chi connectivity index (χ3v) is 3.98. The molecule has 0 fully saturated rings. The third kappa shape index (κ3) is 5.66. The van der Waals surface area contributed by atoms with Gasteiger partial charge in [-0.05, 0) is 35.9 Å². The van der Waals surface area contributed by atoms with E-state index in [9.17, 15) is 9.59 Å². The fraction of sp³-hybridized carbons (Fsp3) is 0.222. The highest BCUT2D eigenvalue weighted by Gasteiger charge is 2.14. The first-order chi connectivity index (χ1) is 11.9. The number of nitrogens with zero attached hydrogens (tertiary/aromatic N) is 1. The summed E-state index contributed by atoms with van der Waals surface area (Å²) >= 11 is 11.7. The Morgan fingerprint density at radius 2 is 1.76 bits per heavy atom. The molecule has 5 nitrogen and oxygen atoms in total.